The molecular formula is C14H19NO3S3. The molecule has 0 saturated carbocycles. The maximum absolute atomic E-state index is 11.6. The van der Waals surface area contributed by atoms with E-state index >= 15 is 0 Å². The summed E-state index contributed by atoms with van der Waals surface area (Å²) in [6.45, 7) is 1.15. The SMILES string of the molecule is CS(=O)(=O)N1CCCC(CC(O)c2cc3sccc3s2)C1. The van der Waals surface area contributed by atoms with Crippen LogP contribution in [0.4, 0.5) is 0 Å². The molecule has 7 heteroatoms. The molecule has 1 aliphatic heterocycles. The zero-order chi connectivity index (χ0) is 15.0. The number of hydrogen-bond acceptors (Lipinski definition) is 5. The molecule has 0 radical (unpaired) electrons. The summed E-state index contributed by atoms with van der Waals surface area (Å²) in [4.78, 5) is 0.994. The summed E-state index contributed by atoms with van der Waals surface area (Å²) in [5.41, 5.74) is 0. The Bertz CT molecular complexity index is 690. The van der Waals surface area contributed by atoms with Crippen LogP contribution < -0.4 is 0 Å². The van der Waals surface area contributed by atoms with Crippen molar-refractivity contribution in [2.45, 2.75) is 25.4 Å². The highest BCUT2D eigenvalue weighted by molar-refractivity contribution is 7.88. The van der Waals surface area contributed by atoms with Crippen molar-refractivity contribution >= 4 is 42.1 Å². The normalized spacial score (nSPS) is 22.7. The van der Waals surface area contributed by atoms with E-state index in [0.717, 1.165) is 17.7 Å². The summed E-state index contributed by atoms with van der Waals surface area (Å²) in [5.74, 6) is 0.239. The van der Waals surface area contributed by atoms with E-state index in [2.05, 4.69) is 17.5 Å². The van der Waals surface area contributed by atoms with E-state index in [0.29, 0.717) is 19.5 Å². The third-order valence-electron chi connectivity index (χ3n) is 3.99. The van der Waals surface area contributed by atoms with Crippen LogP contribution in [-0.2, 0) is 10.0 Å². The van der Waals surface area contributed by atoms with Gasteiger partial charge in [-0.05, 0) is 42.7 Å². The molecule has 3 heterocycles. The highest BCUT2D eigenvalue weighted by Crippen LogP contribution is 2.36. The Morgan fingerprint density at radius 2 is 2.29 bits per heavy atom. The van der Waals surface area contributed by atoms with Crippen molar-refractivity contribution in [2.24, 2.45) is 5.92 Å². The molecule has 2 atom stereocenters. The Morgan fingerprint density at radius 3 is 3.00 bits per heavy atom. The first-order valence-electron chi connectivity index (χ1n) is 7.03. The van der Waals surface area contributed by atoms with E-state index in [-0.39, 0.29) is 5.92 Å². The van der Waals surface area contributed by atoms with Crippen LogP contribution in [0.25, 0.3) is 9.40 Å². The number of rotatable bonds is 4. The predicted molar refractivity (Wildman–Crippen MR) is 88.4 cm³/mol. The van der Waals surface area contributed by atoms with Crippen molar-refractivity contribution in [3.63, 3.8) is 0 Å². The van der Waals surface area contributed by atoms with Crippen LogP contribution in [0.3, 0.4) is 0 Å². The highest BCUT2D eigenvalue weighted by atomic mass is 32.2. The molecule has 0 spiro atoms. The molecule has 3 rings (SSSR count). The predicted octanol–water partition coefficient (Wildman–Crippen LogP) is 3.06. The molecule has 21 heavy (non-hydrogen) atoms. The molecule has 2 aromatic rings. The number of hydrogen-bond donors (Lipinski definition) is 1. The van der Waals surface area contributed by atoms with Crippen LogP contribution >= 0.6 is 22.7 Å². The summed E-state index contributed by atoms with van der Waals surface area (Å²) >= 11 is 3.32. The monoisotopic (exact) mass is 345 g/mol. The fraction of sp³-hybridized carbons (Fsp3) is 0.571. The average Bonchev–Trinajstić information content (AvgIpc) is 2.98. The van der Waals surface area contributed by atoms with Gasteiger partial charge in [0, 0.05) is 27.4 Å². The number of aliphatic hydroxyl groups excluding tert-OH is 1. The number of aliphatic hydroxyl groups is 1. The van der Waals surface area contributed by atoms with Gasteiger partial charge in [0.1, 0.15) is 0 Å². The summed E-state index contributed by atoms with van der Waals surface area (Å²) in [6, 6.07) is 4.14. The molecule has 0 aliphatic carbocycles. The van der Waals surface area contributed by atoms with E-state index in [1.807, 2.05) is 0 Å². The topological polar surface area (TPSA) is 57.6 Å². The zero-order valence-corrected chi connectivity index (χ0v) is 14.3. The standard InChI is InChI=1S/C14H19NO3S3/c1-21(17,18)15-5-2-3-10(9-15)7-11(16)13-8-14-12(20-13)4-6-19-14/h4,6,8,10-11,16H,2-3,5,7,9H2,1H3. The molecule has 1 aliphatic rings. The van der Waals surface area contributed by atoms with E-state index in [1.165, 1.54) is 15.7 Å². The van der Waals surface area contributed by atoms with Gasteiger partial charge < -0.3 is 5.11 Å². The third kappa shape index (κ3) is 3.48. The number of fused-ring (bicyclic) bond motifs is 1. The lowest BCUT2D eigenvalue weighted by Gasteiger charge is -2.31. The summed E-state index contributed by atoms with van der Waals surface area (Å²) in [7, 11) is -3.11. The van der Waals surface area contributed by atoms with Gasteiger partial charge in [-0.25, -0.2) is 12.7 Å². The van der Waals surface area contributed by atoms with Gasteiger partial charge in [-0.1, -0.05) is 0 Å². The molecule has 0 bridgehead atoms. The van der Waals surface area contributed by atoms with Gasteiger partial charge >= 0.3 is 0 Å². The average molecular weight is 346 g/mol. The molecule has 1 saturated heterocycles. The van der Waals surface area contributed by atoms with E-state index in [1.54, 1.807) is 27.0 Å². The van der Waals surface area contributed by atoms with Crippen molar-refractivity contribution < 1.29 is 13.5 Å². The fourth-order valence-electron chi connectivity index (χ4n) is 2.90. The lowest BCUT2D eigenvalue weighted by Crippen LogP contribution is -2.39. The zero-order valence-electron chi connectivity index (χ0n) is 11.9. The maximum Gasteiger partial charge on any atom is 0.211 e. The van der Waals surface area contributed by atoms with Gasteiger partial charge in [0.05, 0.1) is 12.4 Å². The van der Waals surface area contributed by atoms with Crippen LogP contribution in [0.2, 0.25) is 0 Å². The van der Waals surface area contributed by atoms with Crippen LogP contribution in [0.5, 0.6) is 0 Å². The van der Waals surface area contributed by atoms with Gasteiger partial charge in [0.15, 0.2) is 0 Å². The molecule has 4 nitrogen and oxygen atoms in total. The first-order valence-corrected chi connectivity index (χ1v) is 10.6. The minimum Gasteiger partial charge on any atom is -0.388 e. The van der Waals surface area contributed by atoms with Crippen molar-refractivity contribution in [2.75, 3.05) is 19.3 Å². The smallest absolute Gasteiger partial charge is 0.211 e. The van der Waals surface area contributed by atoms with Crippen LogP contribution in [0.15, 0.2) is 17.5 Å². The van der Waals surface area contributed by atoms with Gasteiger partial charge in [-0.15, -0.1) is 22.7 Å². The van der Waals surface area contributed by atoms with Gasteiger partial charge in [0.25, 0.3) is 0 Å². The second-order valence-electron chi connectivity index (χ2n) is 5.68. The molecule has 1 N–H and O–H groups in total. The van der Waals surface area contributed by atoms with Crippen LogP contribution in [0.1, 0.15) is 30.2 Å². The first kappa shape index (κ1) is 15.4. The lowest BCUT2D eigenvalue weighted by molar-refractivity contribution is 0.125. The third-order valence-corrected chi connectivity index (χ3v) is 7.46. The number of sulfonamides is 1. The Balaban J connectivity index is 1.66. The second-order valence-corrected chi connectivity index (χ2v) is 9.72. The Morgan fingerprint density at radius 1 is 1.48 bits per heavy atom. The molecule has 2 aromatic heterocycles. The maximum atomic E-state index is 11.6. The lowest BCUT2D eigenvalue weighted by atomic mass is 9.93. The molecule has 0 aromatic carbocycles. The summed E-state index contributed by atoms with van der Waals surface area (Å²) in [6.07, 6.45) is 3.28. The van der Waals surface area contributed by atoms with Crippen molar-refractivity contribution in [3.8, 4) is 0 Å². The van der Waals surface area contributed by atoms with Crippen molar-refractivity contribution in [1.29, 1.82) is 0 Å². The van der Waals surface area contributed by atoms with Gasteiger partial charge in [-0.2, -0.15) is 0 Å². The number of piperidine rings is 1. The second kappa shape index (κ2) is 5.96. The van der Waals surface area contributed by atoms with Gasteiger partial charge in [0.2, 0.25) is 10.0 Å². The Hall–Kier alpha value is -0.470. The molecular weight excluding hydrogens is 326 g/mol. The van der Waals surface area contributed by atoms with Crippen LogP contribution in [0, 0.1) is 5.92 Å². The van der Waals surface area contributed by atoms with E-state index < -0.39 is 16.1 Å². The first-order chi connectivity index (χ1) is 9.93. The number of thiophene rings is 2. The van der Waals surface area contributed by atoms with E-state index in [4.69, 9.17) is 0 Å². The largest absolute Gasteiger partial charge is 0.388 e. The summed E-state index contributed by atoms with van der Waals surface area (Å²) in [5, 5.41) is 12.5. The minimum absolute atomic E-state index is 0.239. The Kier molecular flexibility index (Phi) is 4.38. The molecule has 1 fully saturated rings. The van der Waals surface area contributed by atoms with Gasteiger partial charge in [-0.3, -0.25) is 0 Å². The molecule has 0 amide bonds. The van der Waals surface area contributed by atoms with Crippen LogP contribution in [-0.4, -0.2) is 37.2 Å². The quantitative estimate of drug-likeness (QED) is 0.926. The van der Waals surface area contributed by atoms with Crippen molar-refractivity contribution in [3.05, 3.63) is 22.4 Å². The van der Waals surface area contributed by atoms with Crippen molar-refractivity contribution in [1.82, 2.24) is 4.31 Å². The van der Waals surface area contributed by atoms with E-state index in [9.17, 15) is 13.5 Å². The fourth-order valence-corrected chi connectivity index (χ4v) is 5.96. The Labute approximate surface area is 133 Å². The molecule has 116 valence electrons. The minimum atomic E-state index is -3.11. The highest BCUT2D eigenvalue weighted by Gasteiger charge is 2.28. The number of nitrogens with zero attached hydrogens (tertiary/aromatic N) is 1. The summed E-state index contributed by atoms with van der Waals surface area (Å²) < 4.78 is 27.3. The molecule has 2 unspecified atom stereocenters.